The average molecular weight is 319 g/mol. The third kappa shape index (κ3) is 1.99. The Morgan fingerprint density at radius 1 is 1.73 bits per heavy atom. The van der Waals surface area contributed by atoms with Gasteiger partial charge in [0.05, 0.1) is 29.1 Å². The Hall–Kier alpha value is -1.05. The molecule has 1 aromatic rings. The number of rotatable bonds is 1. The Morgan fingerprint density at radius 3 is 3.13 bits per heavy atom. The van der Waals surface area contributed by atoms with Crippen LogP contribution in [0.25, 0.3) is 5.57 Å². The average Bonchev–Trinajstić information content (AvgIpc) is 2.84. The number of methoxy groups -OCH3 is 1. The van der Waals surface area contributed by atoms with Crippen molar-refractivity contribution in [3.63, 3.8) is 0 Å². The van der Waals surface area contributed by atoms with Crippen LogP contribution in [0.15, 0.2) is 12.3 Å². The predicted molar refractivity (Wildman–Crippen MR) is 63.3 cm³/mol. The van der Waals surface area contributed by atoms with E-state index in [1.54, 1.807) is 11.1 Å². The van der Waals surface area contributed by atoms with Crippen LogP contribution in [0.2, 0.25) is 0 Å². The molecule has 1 aromatic heterocycles. The number of hydrogen-bond donors (Lipinski definition) is 1. The predicted octanol–water partition coefficient (Wildman–Crippen LogP) is 1.48. The molecule has 0 fully saturated rings. The van der Waals surface area contributed by atoms with E-state index in [1.807, 2.05) is 6.08 Å². The summed E-state index contributed by atoms with van der Waals surface area (Å²) in [4.78, 5) is 12.9. The summed E-state index contributed by atoms with van der Waals surface area (Å²) in [7, 11) is 1.39. The van der Waals surface area contributed by atoms with E-state index in [2.05, 4.69) is 37.5 Å². The van der Waals surface area contributed by atoms with E-state index in [-0.39, 0.29) is 6.09 Å². The first kappa shape index (κ1) is 10.5. The maximum atomic E-state index is 11.3. The molecular weight excluding hydrogens is 309 g/mol. The molecule has 1 N–H and O–H groups in total. The first-order valence-electron chi connectivity index (χ1n) is 4.43. The fourth-order valence-corrected chi connectivity index (χ4v) is 2.11. The molecule has 2 rings (SSSR count). The number of hydrogen-bond acceptors (Lipinski definition) is 3. The lowest BCUT2D eigenvalue weighted by Crippen LogP contribution is -2.28. The molecule has 2 heterocycles. The van der Waals surface area contributed by atoms with Gasteiger partial charge in [0.25, 0.3) is 0 Å². The van der Waals surface area contributed by atoms with Crippen LogP contribution in [0, 0.1) is 3.57 Å². The first-order valence-corrected chi connectivity index (χ1v) is 5.51. The number of nitrogens with one attached hydrogen (secondary N) is 1. The van der Waals surface area contributed by atoms with Crippen molar-refractivity contribution in [3.05, 3.63) is 21.5 Å². The van der Waals surface area contributed by atoms with Crippen molar-refractivity contribution in [3.8, 4) is 0 Å². The molecule has 1 amide bonds. The summed E-state index contributed by atoms with van der Waals surface area (Å²) < 4.78 is 5.72. The molecule has 5 nitrogen and oxygen atoms in total. The highest BCUT2D eigenvalue weighted by atomic mass is 127. The van der Waals surface area contributed by atoms with E-state index in [0.717, 1.165) is 14.8 Å². The van der Waals surface area contributed by atoms with Gasteiger partial charge in [-0.2, -0.15) is 5.10 Å². The van der Waals surface area contributed by atoms with Crippen LogP contribution in [-0.2, 0) is 4.74 Å². The van der Waals surface area contributed by atoms with Crippen LogP contribution in [0.5, 0.6) is 0 Å². The van der Waals surface area contributed by atoms with Crippen molar-refractivity contribution >= 4 is 34.3 Å². The Morgan fingerprint density at radius 2 is 2.53 bits per heavy atom. The monoisotopic (exact) mass is 319 g/mol. The molecule has 80 valence electrons. The summed E-state index contributed by atoms with van der Waals surface area (Å²) in [5, 5.41) is 6.87. The van der Waals surface area contributed by atoms with Crippen molar-refractivity contribution < 1.29 is 9.53 Å². The molecule has 0 bridgehead atoms. The minimum Gasteiger partial charge on any atom is -0.453 e. The van der Waals surface area contributed by atoms with Gasteiger partial charge in [0.15, 0.2) is 0 Å². The molecule has 0 atom stereocenters. The number of aromatic nitrogens is 2. The van der Waals surface area contributed by atoms with Crippen LogP contribution < -0.4 is 0 Å². The van der Waals surface area contributed by atoms with Crippen molar-refractivity contribution in [1.29, 1.82) is 0 Å². The van der Waals surface area contributed by atoms with Gasteiger partial charge in [-0.05, 0) is 28.2 Å². The summed E-state index contributed by atoms with van der Waals surface area (Å²) in [5.74, 6) is 0. The maximum absolute atomic E-state index is 11.3. The minimum absolute atomic E-state index is 0.296. The van der Waals surface area contributed by atoms with Crippen molar-refractivity contribution in [2.75, 3.05) is 20.2 Å². The number of H-pyrrole nitrogens is 1. The van der Waals surface area contributed by atoms with E-state index in [0.29, 0.717) is 13.1 Å². The SMILES string of the molecule is COC(=O)N1CC=C(c2[nH]ncc2I)C1. The Labute approximate surface area is 101 Å². The van der Waals surface area contributed by atoms with Gasteiger partial charge in [-0.1, -0.05) is 6.08 Å². The van der Waals surface area contributed by atoms with E-state index in [4.69, 9.17) is 0 Å². The molecule has 0 spiro atoms. The maximum Gasteiger partial charge on any atom is 0.410 e. The molecule has 15 heavy (non-hydrogen) atoms. The third-order valence-electron chi connectivity index (χ3n) is 2.27. The Bertz CT molecular complexity index is 413. The molecule has 0 aliphatic carbocycles. The summed E-state index contributed by atoms with van der Waals surface area (Å²) >= 11 is 2.21. The highest BCUT2D eigenvalue weighted by molar-refractivity contribution is 14.1. The van der Waals surface area contributed by atoms with Gasteiger partial charge < -0.3 is 9.64 Å². The molecule has 1 aliphatic heterocycles. The van der Waals surface area contributed by atoms with Gasteiger partial charge in [0.1, 0.15) is 0 Å². The molecule has 0 aromatic carbocycles. The smallest absolute Gasteiger partial charge is 0.410 e. The van der Waals surface area contributed by atoms with Crippen LogP contribution in [0.1, 0.15) is 5.69 Å². The molecule has 0 saturated heterocycles. The van der Waals surface area contributed by atoms with Crippen molar-refractivity contribution in [2.45, 2.75) is 0 Å². The van der Waals surface area contributed by atoms with Gasteiger partial charge >= 0.3 is 6.09 Å². The topological polar surface area (TPSA) is 58.2 Å². The number of carbonyl (C=O) groups is 1. The second-order valence-electron chi connectivity index (χ2n) is 3.17. The molecule has 1 aliphatic rings. The highest BCUT2D eigenvalue weighted by Crippen LogP contribution is 2.23. The lowest BCUT2D eigenvalue weighted by Gasteiger charge is -2.13. The van der Waals surface area contributed by atoms with Gasteiger partial charge in [0, 0.05) is 6.54 Å². The molecular formula is C9H10IN3O2. The van der Waals surface area contributed by atoms with Gasteiger partial charge in [0.2, 0.25) is 0 Å². The lowest BCUT2D eigenvalue weighted by molar-refractivity contribution is 0.135. The standard InChI is InChI=1S/C9H10IN3O2/c1-15-9(14)13-3-2-6(5-13)8-7(10)4-11-12-8/h2,4H,3,5H2,1H3,(H,11,12). The van der Waals surface area contributed by atoms with Crippen LogP contribution in [-0.4, -0.2) is 41.4 Å². The number of amides is 1. The number of aromatic amines is 1. The molecule has 6 heteroatoms. The quantitative estimate of drug-likeness (QED) is 0.798. The van der Waals surface area contributed by atoms with Gasteiger partial charge in [-0.25, -0.2) is 4.79 Å². The van der Waals surface area contributed by atoms with E-state index >= 15 is 0 Å². The van der Waals surface area contributed by atoms with Crippen LogP contribution >= 0.6 is 22.6 Å². The Balaban J connectivity index is 2.10. The zero-order valence-electron chi connectivity index (χ0n) is 8.16. The van der Waals surface area contributed by atoms with Gasteiger partial charge in [-0.3, -0.25) is 5.10 Å². The second kappa shape index (κ2) is 4.21. The van der Waals surface area contributed by atoms with Gasteiger partial charge in [-0.15, -0.1) is 0 Å². The summed E-state index contributed by atoms with van der Waals surface area (Å²) in [6.07, 6.45) is 3.47. The largest absolute Gasteiger partial charge is 0.453 e. The molecule has 0 saturated carbocycles. The number of halogens is 1. The molecule has 0 unspecified atom stereocenters. The van der Waals surface area contributed by atoms with E-state index in [9.17, 15) is 4.79 Å². The molecule has 0 radical (unpaired) electrons. The van der Waals surface area contributed by atoms with Crippen LogP contribution in [0.3, 0.4) is 0 Å². The Kier molecular flexibility index (Phi) is 2.94. The zero-order chi connectivity index (χ0) is 10.8. The highest BCUT2D eigenvalue weighted by Gasteiger charge is 2.22. The lowest BCUT2D eigenvalue weighted by atomic mass is 10.2. The van der Waals surface area contributed by atoms with Crippen molar-refractivity contribution in [2.24, 2.45) is 0 Å². The fraction of sp³-hybridized carbons (Fsp3) is 0.333. The summed E-state index contributed by atoms with van der Waals surface area (Å²) in [5.41, 5.74) is 2.07. The normalized spacial score (nSPS) is 15.3. The fourth-order valence-electron chi connectivity index (χ4n) is 1.50. The van der Waals surface area contributed by atoms with Crippen LogP contribution in [0.4, 0.5) is 4.79 Å². The number of nitrogens with zero attached hydrogens (tertiary/aromatic N) is 2. The zero-order valence-corrected chi connectivity index (χ0v) is 10.3. The number of ether oxygens (including phenoxy) is 1. The minimum atomic E-state index is -0.296. The third-order valence-corrected chi connectivity index (χ3v) is 3.08. The first-order chi connectivity index (χ1) is 7.22. The summed E-state index contributed by atoms with van der Waals surface area (Å²) in [6, 6.07) is 0. The van der Waals surface area contributed by atoms with E-state index < -0.39 is 0 Å². The van der Waals surface area contributed by atoms with Crippen molar-refractivity contribution in [1.82, 2.24) is 15.1 Å². The second-order valence-corrected chi connectivity index (χ2v) is 4.34. The summed E-state index contributed by atoms with van der Waals surface area (Å²) in [6.45, 7) is 1.17. The van der Waals surface area contributed by atoms with E-state index in [1.165, 1.54) is 7.11 Å². The number of carbonyl (C=O) groups excluding carboxylic acids is 1.